The maximum absolute atomic E-state index is 13.3. The number of aromatic nitrogens is 3. The maximum atomic E-state index is 13.3. The van der Waals surface area contributed by atoms with Gasteiger partial charge in [0.15, 0.2) is 5.65 Å². The van der Waals surface area contributed by atoms with E-state index in [0.29, 0.717) is 23.6 Å². The molecule has 8 heteroatoms. The second-order valence-corrected chi connectivity index (χ2v) is 7.52. The lowest BCUT2D eigenvalue weighted by Gasteiger charge is -2.28. The van der Waals surface area contributed by atoms with Gasteiger partial charge in [-0.05, 0) is 37.0 Å². The van der Waals surface area contributed by atoms with Crippen molar-refractivity contribution in [3.05, 3.63) is 59.4 Å². The van der Waals surface area contributed by atoms with E-state index in [9.17, 15) is 13.6 Å². The Hall–Kier alpha value is -3.03. The Bertz CT molecular complexity index is 1020. The highest BCUT2D eigenvalue weighted by Crippen LogP contribution is 2.33. The van der Waals surface area contributed by atoms with Crippen molar-refractivity contribution in [1.82, 2.24) is 19.9 Å². The highest BCUT2D eigenvalue weighted by Gasteiger charge is 2.35. The number of amides is 1. The molecule has 4 rings (SSSR count). The van der Waals surface area contributed by atoms with Crippen LogP contribution in [0.5, 0.6) is 0 Å². The summed E-state index contributed by atoms with van der Waals surface area (Å²) in [6.45, 7) is 2.66. The Morgan fingerprint density at radius 1 is 1.24 bits per heavy atom. The molecule has 0 aliphatic heterocycles. The molecule has 2 heterocycles. The van der Waals surface area contributed by atoms with Crippen LogP contribution in [0, 0.1) is 6.92 Å². The van der Waals surface area contributed by atoms with E-state index in [2.05, 4.69) is 20.7 Å². The van der Waals surface area contributed by atoms with Crippen LogP contribution >= 0.6 is 0 Å². The summed E-state index contributed by atoms with van der Waals surface area (Å²) in [7, 11) is 0. The van der Waals surface area contributed by atoms with Crippen LogP contribution in [0.3, 0.4) is 0 Å². The van der Waals surface area contributed by atoms with Crippen molar-refractivity contribution >= 4 is 17.4 Å². The second-order valence-electron chi connectivity index (χ2n) is 7.52. The molecule has 0 saturated heterocycles. The van der Waals surface area contributed by atoms with Gasteiger partial charge in [0.2, 0.25) is 5.92 Å². The van der Waals surface area contributed by atoms with Gasteiger partial charge >= 0.3 is 0 Å². The molecular formula is C21H23F2N5O. The molecule has 1 amide bonds. The van der Waals surface area contributed by atoms with E-state index in [0.717, 1.165) is 5.56 Å². The molecule has 0 radical (unpaired) electrons. The molecule has 152 valence electrons. The number of rotatable bonds is 5. The fourth-order valence-corrected chi connectivity index (χ4v) is 3.57. The zero-order valence-corrected chi connectivity index (χ0v) is 16.2. The average molecular weight is 399 g/mol. The van der Waals surface area contributed by atoms with Crippen molar-refractivity contribution < 1.29 is 13.6 Å². The Kier molecular flexibility index (Phi) is 5.17. The van der Waals surface area contributed by atoms with Crippen molar-refractivity contribution in [3.63, 3.8) is 0 Å². The zero-order chi connectivity index (χ0) is 20.4. The van der Waals surface area contributed by atoms with Crippen molar-refractivity contribution in [1.29, 1.82) is 0 Å². The Morgan fingerprint density at radius 3 is 2.76 bits per heavy atom. The number of nitrogens with zero attached hydrogens (tertiary/aromatic N) is 3. The first kappa shape index (κ1) is 19.3. The number of nitrogens with one attached hydrogen (secondary N) is 2. The number of hydrogen-bond donors (Lipinski definition) is 2. The van der Waals surface area contributed by atoms with E-state index in [1.54, 1.807) is 12.3 Å². The number of aryl methyl sites for hydroxylation is 1. The molecule has 6 nitrogen and oxygen atoms in total. The van der Waals surface area contributed by atoms with Gasteiger partial charge in [0.1, 0.15) is 11.4 Å². The van der Waals surface area contributed by atoms with E-state index >= 15 is 0 Å². The molecule has 3 aromatic rings. The van der Waals surface area contributed by atoms with Gasteiger partial charge in [-0.2, -0.15) is 5.10 Å². The van der Waals surface area contributed by atoms with Crippen molar-refractivity contribution in [3.8, 4) is 0 Å². The van der Waals surface area contributed by atoms with Gasteiger partial charge in [0.05, 0.1) is 6.20 Å². The second kappa shape index (κ2) is 7.77. The number of alkyl halides is 2. The third-order valence-corrected chi connectivity index (χ3v) is 5.39. The van der Waals surface area contributed by atoms with E-state index in [-0.39, 0.29) is 37.6 Å². The molecule has 1 aliphatic carbocycles. The minimum absolute atomic E-state index is 0.197. The number of halogens is 2. The predicted octanol–water partition coefficient (Wildman–Crippen LogP) is 3.96. The molecule has 1 fully saturated rings. The molecule has 29 heavy (non-hydrogen) atoms. The average Bonchev–Trinajstić information content (AvgIpc) is 3.12. The third-order valence-electron chi connectivity index (χ3n) is 5.39. The summed E-state index contributed by atoms with van der Waals surface area (Å²) in [4.78, 5) is 17.2. The molecule has 1 saturated carbocycles. The molecule has 0 unspecified atom stereocenters. The Morgan fingerprint density at radius 2 is 2.00 bits per heavy atom. The normalized spacial score (nSPS) is 16.7. The van der Waals surface area contributed by atoms with E-state index in [1.807, 2.05) is 31.2 Å². The van der Waals surface area contributed by atoms with E-state index < -0.39 is 5.92 Å². The summed E-state index contributed by atoms with van der Waals surface area (Å²) in [6.07, 6.45) is 3.35. The standard InChI is InChI=1S/C21H23F2N5O/c1-14-4-2-3-5-15(14)12-24-18-8-11-28-19(27-18)17(13-25-28)20(29)26-16-6-9-21(22,23)10-7-16/h2-5,8,11,13,16H,6-7,9-10,12H2,1H3,(H,24,27)(H,26,29). The van der Waals surface area contributed by atoms with Crippen LogP contribution in [-0.4, -0.2) is 32.5 Å². The number of benzene rings is 1. The first-order valence-corrected chi connectivity index (χ1v) is 9.73. The summed E-state index contributed by atoms with van der Waals surface area (Å²) in [5.41, 5.74) is 3.11. The smallest absolute Gasteiger partial charge is 0.256 e. The van der Waals surface area contributed by atoms with Crippen molar-refractivity contribution in [2.24, 2.45) is 0 Å². The zero-order valence-electron chi connectivity index (χ0n) is 16.2. The van der Waals surface area contributed by atoms with Crippen LogP contribution in [0.15, 0.2) is 42.7 Å². The lowest BCUT2D eigenvalue weighted by Crippen LogP contribution is -2.40. The summed E-state index contributed by atoms with van der Waals surface area (Å²) in [6, 6.07) is 9.62. The molecule has 1 aliphatic rings. The number of anilines is 1. The minimum Gasteiger partial charge on any atom is -0.366 e. The Balaban J connectivity index is 1.47. The summed E-state index contributed by atoms with van der Waals surface area (Å²) < 4.78 is 28.2. The van der Waals surface area contributed by atoms with Gasteiger partial charge in [-0.1, -0.05) is 24.3 Å². The largest absolute Gasteiger partial charge is 0.366 e. The SMILES string of the molecule is Cc1ccccc1CNc1ccn2ncc(C(=O)NC3CCC(F)(F)CC3)c2n1. The molecule has 0 bridgehead atoms. The molecule has 0 atom stereocenters. The molecule has 2 N–H and O–H groups in total. The number of carbonyl (C=O) groups excluding carboxylic acids is 1. The highest BCUT2D eigenvalue weighted by atomic mass is 19.3. The summed E-state index contributed by atoms with van der Waals surface area (Å²) in [5.74, 6) is -2.32. The molecular weight excluding hydrogens is 376 g/mol. The minimum atomic E-state index is -2.62. The molecule has 2 aromatic heterocycles. The first-order chi connectivity index (χ1) is 13.9. The molecule has 0 spiro atoms. The topological polar surface area (TPSA) is 71.3 Å². The lowest BCUT2D eigenvalue weighted by atomic mass is 9.92. The number of carbonyl (C=O) groups is 1. The number of fused-ring (bicyclic) bond motifs is 1. The van der Waals surface area contributed by atoms with Gasteiger partial charge in [0.25, 0.3) is 5.91 Å². The quantitative estimate of drug-likeness (QED) is 0.681. The van der Waals surface area contributed by atoms with Crippen LogP contribution in [0.2, 0.25) is 0 Å². The van der Waals surface area contributed by atoms with Gasteiger partial charge in [-0.3, -0.25) is 4.79 Å². The highest BCUT2D eigenvalue weighted by molar-refractivity contribution is 5.99. The van der Waals surface area contributed by atoms with Crippen LogP contribution in [0.1, 0.15) is 47.2 Å². The third kappa shape index (κ3) is 4.36. The lowest BCUT2D eigenvalue weighted by molar-refractivity contribution is -0.0399. The fraction of sp³-hybridized carbons (Fsp3) is 0.381. The van der Waals surface area contributed by atoms with E-state index in [1.165, 1.54) is 16.3 Å². The van der Waals surface area contributed by atoms with Crippen LogP contribution in [0.25, 0.3) is 5.65 Å². The van der Waals surface area contributed by atoms with Gasteiger partial charge in [-0.25, -0.2) is 18.3 Å². The summed E-state index contributed by atoms with van der Waals surface area (Å²) in [5, 5.41) is 10.3. The summed E-state index contributed by atoms with van der Waals surface area (Å²) >= 11 is 0. The van der Waals surface area contributed by atoms with Crippen LogP contribution in [0.4, 0.5) is 14.6 Å². The predicted molar refractivity (Wildman–Crippen MR) is 106 cm³/mol. The van der Waals surface area contributed by atoms with Crippen molar-refractivity contribution in [2.75, 3.05) is 5.32 Å². The van der Waals surface area contributed by atoms with Gasteiger partial charge in [0, 0.05) is 31.6 Å². The Labute approximate surface area is 167 Å². The van der Waals surface area contributed by atoms with Gasteiger partial charge in [-0.15, -0.1) is 0 Å². The fourth-order valence-electron chi connectivity index (χ4n) is 3.57. The van der Waals surface area contributed by atoms with Crippen LogP contribution < -0.4 is 10.6 Å². The van der Waals surface area contributed by atoms with Gasteiger partial charge < -0.3 is 10.6 Å². The maximum Gasteiger partial charge on any atom is 0.256 e. The first-order valence-electron chi connectivity index (χ1n) is 9.73. The molecule has 1 aromatic carbocycles. The van der Waals surface area contributed by atoms with Crippen LogP contribution in [-0.2, 0) is 6.54 Å². The monoisotopic (exact) mass is 399 g/mol. The van der Waals surface area contributed by atoms with E-state index in [4.69, 9.17) is 0 Å². The number of hydrogen-bond acceptors (Lipinski definition) is 4. The van der Waals surface area contributed by atoms with Crippen molar-refractivity contribution in [2.45, 2.75) is 51.1 Å².